The van der Waals surface area contributed by atoms with Gasteiger partial charge >= 0.3 is 0 Å². The first-order chi connectivity index (χ1) is 8.66. The lowest BCUT2D eigenvalue weighted by Crippen LogP contribution is -2.35. The van der Waals surface area contributed by atoms with E-state index in [1.165, 1.54) is 6.26 Å². The number of benzene rings is 1. The molecule has 1 aliphatic heterocycles. The van der Waals surface area contributed by atoms with Gasteiger partial charge in [0.2, 0.25) is 0 Å². The van der Waals surface area contributed by atoms with Crippen LogP contribution in [0.15, 0.2) is 35.1 Å². The highest BCUT2D eigenvalue weighted by molar-refractivity contribution is 6.06. The van der Waals surface area contributed by atoms with Gasteiger partial charge in [0.25, 0.3) is 5.91 Å². The maximum atomic E-state index is 12.3. The lowest BCUT2D eigenvalue weighted by molar-refractivity contribution is 0.0972. The van der Waals surface area contributed by atoms with Gasteiger partial charge in [-0.3, -0.25) is 4.79 Å². The van der Waals surface area contributed by atoms with Crippen molar-refractivity contribution < 1.29 is 9.32 Å². The van der Waals surface area contributed by atoms with E-state index in [1.807, 2.05) is 19.1 Å². The van der Waals surface area contributed by atoms with Gasteiger partial charge in [-0.2, -0.15) is 0 Å². The molecule has 3 rings (SSSR count). The zero-order valence-electron chi connectivity index (χ0n) is 9.96. The van der Waals surface area contributed by atoms with Crippen molar-refractivity contribution in [3.05, 3.63) is 41.8 Å². The van der Waals surface area contributed by atoms with Crippen molar-refractivity contribution in [2.24, 2.45) is 0 Å². The van der Waals surface area contributed by atoms with Gasteiger partial charge in [-0.15, -0.1) is 0 Å². The van der Waals surface area contributed by atoms with Crippen LogP contribution in [0, 0.1) is 0 Å². The van der Waals surface area contributed by atoms with Gasteiger partial charge in [-0.1, -0.05) is 5.16 Å². The van der Waals surface area contributed by atoms with Gasteiger partial charge in [0.05, 0.1) is 0 Å². The summed E-state index contributed by atoms with van der Waals surface area (Å²) in [6.45, 7) is 2.01. The number of carbonyl (C=O) groups excluding carboxylic acids is 1. The van der Waals surface area contributed by atoms with Crippen LogP contribution >= 0.6 is 0 Å². The summed E-state index contributed by atoms with van der Waals surface area (Å²) in [4.78, 5) is 14.1. The summed E-state index contributed by atoms with van der Waals surface area (Å²) in [7, 11) is 0. The molecule has 1 aromatic heterocycles. The Bertz CT molecular complexity index is 592. The molecule has 0 bridgehead atoms. The van der Waals surface area contributed by atoms with Crippen LogP contribution in [0.4, 0.5) is 11.4 Å². The van der Waals surface area contributed by atoms with E-state index in [4.69, 9.17) is 10.3 Å². The number of amides is 1. The summed E-state index contributed by atoms with van der Waals surface area (Å²) in [6.07, 6.45) is 2.21. The predicted octanol–water partition coefficient (Wildman–Crippen LogP) is 1.85. The molecule has 5 heteroatoms. The standard InChI is InChI=1S/C13H13N3O2/c1-8-6-9-7-10(14)2-3-12(9)16(8)13(17)11-4-5-18-15-11/h2-5,7-8H,6,14H2,1H3. The number of fused-ring (bicyclic) bond motifs is 1. The van der Waals surface area contributed by atoms with Crippen LogP contribution in [0.1, 0.15) is 23.0 Å². The Kier molecular flexibility index (Phi) is 2.33. The summed E-state index contributed by atoms with van der Waals surface area (Å²) in [6, 6.07) is 7.28. The van der Waals surface area contributed by atoms with Crippen LogP contribution in [-0.4, -0.2) is 17.1 Å². The smallest absolute Gasteiger partial charge is 0.280 e. The van der Waals surface area contributed by atoms with Gasteiger partial charge in [0.15, 0.2) is 5.69 Å². The Morgan fingerprint density at radius 1 is 1.50 bits per heavy atom. The zero-order valence-corrected chi connectivity index (χ0v) is 9.96. The molecule has 1 aromatic carbocycles. The summed E-state index contributed by atoms with van der Waals surface area (Å²) < 4.78 is 4.72. The number of carbonyl (C=O) groups is 1. The highest BCUT2D eigenvalue weighted by Crippen LogP contribution is 2.34. The van der Waals surface area contributed by atoms with E-state index in [1.54, 1.807) is 17.0 Å². The minimum absolute atomic E-state index is 0.103. The molecule has 1 unspecified atom stereocenters. The van der Waals surface area contributed by atoms with Crippen LogP contribution in [0.3, 0.4) is 0 Å². The first kappa shape index (κ1) is 10.8. The summed E-state index contributed by atoms with van der Waals surface area (Å²) in [5, 5.41) is 3.69. The van der Waals surface area contributed by atoms with Crippen LogP contribution in [-0.2, 0) is 6.42 Å². The van der Waals surface area contributed by atoms with E-state index in [0.717, 1.165) is 23.4 Å². The number of rotatable bonds is 1. The molecule has 1 atom stereocenters. The van der Waals surface area contributed by atoms with Gasteiger partial charge in [0, 0.05) is 23.5 Å². The van der Waals surface area contributed by atoms with E-state index >= 15 is 0 Å². The number of hydrogen-bond acceptors (Lipinski definition) is 4. The fourth-order valence-electron chi connectivity index (χ4n) is 2.41. The first-order valence-corrected chi connectivity index (χ1v) is 5.79. The molecule has 0 saturated carbocycles. The fourth-order valence-corrected chi connectivity index (χ4v) is 2.41. The van der Waals surface area contributed by atoms with Gasteiger partial charge in [0.1, 0.15) is 6.26 Å². The second-order valence-corrected chi connectivity index (χ2v) is 4.50. The largest absolute Gasteiger partial charge is 0.399 e. The lowest BCUT2D eigenvalue weighted by atomic mass is 10.1. The monoisotopic (exact) mass is 243 g/mol. The normalized spacial score (nSPS) is 17.8. The number of nitrogens with zero attached hydrogens (tertiary/aromatic N) is 2. The molecule has 0 radical (unpaired) electrons. The number of hydrogen-bond donors (Lipinski definition) is 1. The number of anilines is 2. The predicted molar refractivity (Wildman–Crippen MR) is 67.3 cm³/mol. The van der Waals surface area contributed by atoms with Gasteiger partial charge in [-0.25, -0.2) is 0 Å². The molecular formula is C13H13N3O2. The number of nitrogen functional groups attached to an aromatic ring is 1. The summed E-state index contributed by atoms with van der Waals surface area (Å²) >= 11 is 0. The molecule has 1 amide bonds. The minimum atomic E-state index is -0.139. The molecule has 2 N–H and O–H groups in total. The molecule has 0 aliphatic carbocycles. The van der Waals surface area contributed by atoms with Crippen molar-refractivity contribution in [2.45, 2.75) is 19.4 Å². The summed E-state index contributed by atoms with van der Waals surface area (Å²) in [5.74, 6) is -0.139. The molecule has 2 heterocycles. The molecule has 2 aromatic rings. The van der Waals surface area contributed by atoms with Crippen molar-refractivity contribution in [2.75, 3.05) is 10.6 Å². The van der Waals surface area contributed by atoms with E-state index < -0.39 is 0 Å². The molecule has 5 nitrogen and oxygen atoms in total. The molecule has 0 spiro atoms. The minimum Gasteiger partial charge on any atom is -0.399 e. The van der Waals surface area contributed by atoms with Crippen molar-refractivity contribution >= 4 is 17.3 Å². The molecule has 1 aliphatic rings. The van der Waals surface area contributed by atoms with E-state index in [2.05, 4.69) is 5.16 Å². The molecular weight excluding hydrogens is 230 g/mol. The topological polar surface area (TPSA) is 72.4 Å². The Hall–Kier alpha value is -2.30. The number of nitrogens with two attached hydrogens (primary N) is 1. The zero-order chi connectivity index (χ0) is 12.7. The second-order valence-electron chi connectivity index (χ2n) is 4.50. The van der Waals surface area contributed by atoms with Crippen molar-refractivity contribution in [1.29, 1.82) is 0 Å². The van der Waals surface area contributed by atoms with E-state index in [9.17, 15) is 4.79 Å². The van der Waals surface area contributed by atoms with Crippen molar-refractivity contribution in [3.8, 4) is 0 Å². The van der Waals surface area contributed by atoms with Crippen LogP contribution in [0.5, 0.6) is 0 Å². The first-order valence-electron chi connectivity index (χ1n) is 5.79. The highest BCUT2D eigenvalue weighted by atomic mass is 16.5. The third-order valence-electron chi connectivity index (χ3n) is 3.19. The van der Waals surface area contributed by atoms with Crippen LogP contribution < -0.4 is 10.6 Å². The Balaban J connectivity index is 2.02. The average Bonchev–Trinajstić information content (AvgIpc) is 2.94. The summed E-state index contributed by atoms with van der Waals surface area (Å²) in [5.41, 5.74) is 8.81. The second kappa shape index (κ2) is 3.87. The van der Waals surface area contributed by atoms with Crippen molar-refractivity contribution in [1.82, 2.24) is 5.16 Å². The Morgan fingerprint density at radius 2 is 2.33 bits per heavy atom. The SMILES string of the molecule is CC1Cc2cc(N)ccc2N1C(=O)c1ccon1. The van der Waals surface area contributed by atoms with Crippen molar-refractivity contribution in [3.63, 3.8) is 0 Å². The van der Waals surface area contributed by atoms with Gasteiger partial charge < -0.3 is 15.2 Å². The Morgan fingerprint density at radius 3 is 3.06 bits per heavy atom. The molecule has 0 fully saturated rings. The van der Waals surface area contributed by atoms with E-state index in [0.29, 0.717) is 5.69 Å². The molecule has 0 saturated heterocycles. The Labute approximate surface area is 104 Å². The van der Waals surface area contributed by atoms with Crippen LogP contribution in [0.2, 0.25) is 0 Å². The molecule has 92 valence electrons. The van der Waals surface area contributed by atoms with E-state index in [-0.39, 0.29) is 11.9 Å². The average molecular weight is 243 g/mol. The van der Waals surface area contributed by atoms with Gasteiger partial charge in [-0.05, 0) is 37.1 Å². The maximum Gasteiger partial charge on any atom is 0.280 e. The fraction of sp³-hybridized carbons (Fsp3) is 0.231. The maximum absolute atomic E-state index is 12.3. The third kappa shape index (κ3) is 1.55. The molecule has 18 heavy (non-hydrogen) atoms. The number of aromatic nitrogens is 1. The highest BCUT2D eigenvalue weighted by Gasteiger charge is 2.32. The quantitative estimate of drug-likeness (QED) is 0.776. The lowest BCUT2D eigenvalue weighted by Gasteiger charge is -2.21. The van der Waals surface area contributed by atoms with Crippen LogP contribution in [0.25, 0.3) is 0 Å². The third-order valence-corrected chi connectivity index (χ3v) is 3.19.